The molecule has 0 spiro atoms. The summed E-state index contributed by atoms with van der Waals surface area (Å²) >= 11 is 0. The predicted molar refractivity (Wildman–Crippen MR) is 88.4 cm³/mol. The second-order valence-corrected chi connectivity index (χ2v) is 7.02. The van der Waals surface area contributed by atoms with Gasteiger partial charge in [-0.3, -0.25) is 4.79 Å². The molecule has 0 fully saturated rings. The van der Waals surface area contributed by atoms with E-state index in [-0.39, 0.29) is 16.7 Å². The molecule has 0 saturated heterocycles. The van der Waals surface area contributed by atoms with Gasteiger partial charge >= 0.3 is 16.3 Å². The molecule has 0 aliphatic heterocycles. The summed E-state index contributed by atoms with van der Waals surface area (Å²) in [7, 11) is -3.89. The fourth-order valence-electron chi connectivity index (χ4n) is 2.47. The van der Waals surface area contributed by atoms with E-state index in [0.717, 1.165) is 18.4 Å². The Balaban J connectivity index is 2.33. The molecule has 3 aromatic rings. The molecule has 3 rings (SSSR count). The van der Waals surface area contributed by atoms with Crippen molar-refractivity contribution < 1.29 is 30.2 Å². The van der Waals surface area contributed by atoms with E-state index in [4.69, 9.17) is 4.42 Å². The van der Waals surface area contributed by atoms with Crippen LogP contribution in [-0.2, 0) is 16.3 Å². The molecule has 0 amide bonds. The lowest BCUT2D eigenvalue weighted by Crippen LogP contribution is -2.16. The highest BCUT2D eigenvalue weighted by Gasteiger charge is 2.39. The van der Waals surface area contributed by atoms with Crippen molar-refractivity contribution in [2.45, 2.75) is 6.18 Å². The van der Waals surface area contributed by atoms with Crippen molar-refractivity contribution in [3.63, 3.8) is 0 Å². The average molecular weight is 384 g/mol. The summed E-state index contributed by atoms with van der Waals surface area (Å²) in [5, 5.41) is -0.127. The van der Waals surface area contributed by atoms with E-state index in [1.165, 1.54) is 30.3 Å². The van der Waals surface area contributed by atoms with E-state index in [0.29, 0.717) is 0 Å². The first-order valence-corrected chi connectivity index (χ1v) is 9.01. The van der Waals surface area contributed by atoms with Gasteiger partial charge in [0.15, 0.2) is 0 Å². The van der Waals surface area contributed by atoms with Crippen LogP contribution in [0.2, 0.25) is 0 Å². The molecular formula is C17H11F3O5S. The molecule has 9 heteroatoms. The van der Waals surface area contributed by atoms with Gasteiger partial charge in [0.25, 0.3) is 0 Å². The normalized spacial score (nSPS) is 12.3. The summed E-state index contributed by atoms with van der Waals surface area (Å²) in [6, 6.07) is 10.6. The van der Waals surface area contributed by atoms with Gasteiger partial charge < -0.3 is 8.60 Å². The highest BCUT2D eigenvalue weighted by Crippen LogP contribution is 2.37. The van der Waals surface area contributed by atoms with Crippen LogP contribution in [0.3, 0.4) is 0 Å². The Morgan fingerprint density at radius 2 is 1.69 bits per heavy atom. The maximum absolute atomic E-state index is 13.5. The molecule has 5 nitrogen and oxygen atoms in total. The Kier molecular flexibility index (Phi) is 4.27. The molecule has 26 heavy (non-hydrogen) atoms. The molecule has 0 unspecified atom stereocenters. The summed E-state index contributed by atoms with van der Waals surface area (Å²) < 4.78 is 72.3. The third kappa shape index (κ3) is 3.57. The zero-order chi connectivity index (χ0) is 19.1. The largest absolute Gasteiger partial charge is 0.450 e. The molecule has 0 saturated carbocycles. The second kappa shape index (κ2) is 6.17. The van der Waals surface area contributed by atoms with Gasteiger partial charge in [-0.1, -0.05) is 30.3 Å². The Morgan fingerprint density at radius 3 is 2.27 bits per heavy atom. The molecule has 0 N–H and O–H groups in total. The van der Waals surface area contributed by atoms with Gasteiger partial charge in [0.1, 0.15) is 11.3 Å². The number of fused-ring (bicyclic) bond motifs is 1. The molecule has 0 radical (unpaired) electrons. The van der Waals surface area contributed by atoms with Crippen LogP contribution in [0, 0.1) is 0 Å². The van der Waals surface area contributed by atoms with Crippen LogP contribution in [0.25, 0.3) is 22.1 Å². The summed E-state index contributed by atoms with van der Waals surface area (Å²) in [4.78, 5) is 12.7. The van der Waals surface area contributed by atoms with Gasteiger partial charge in [0, 0.05) is 6.07 Å². The van der Waals surface area contributed by atoms with Crippen molar-refractivity contribution in [3.05, 3.63) is 64.5 Å². The average Bonchev–Trinajstić information content (AvgIpc) is 2.53. The number of halogens is 3. The van der Waals surface area contributed by atoms with Crippen LogP contribution >= 0.6 is 0 Å². The number of hydrogen-bond acceptors (Lipinski definition) is 5. The molecule has 0 aliphatic rings. The Morgan fingerprint density at radius 1 is 1.04 bits per heavy atom. The molecule has 1 heterocycles. The van der Waals surface area contributed by atoms with E-state index in [1.54, 1.807) is 6.07 Å². The van der Waals surface area contributed by atoms with Crippen molar-refractivity contribution in [1.82, 2.24) is 0 Å². The van der Waals surface area contributed by atoms with Crippen molar-refractivity contribution in [1.29, 1.82) is 0 Å². The fourth-order valence-corrected chi connectivity index (χ4v) is 2.92. The van der Waals surface area contributed by atoms with Gasteiger partial charge in [0.2, 0.25) is 11.2 Å². The maximum atomic E-state index is 13.5. The van der Waals surface area contributed by atoms with E-state index in [2.05, 4.69) is 4.18 Å². The zero-order valence-electron chi connectivity index (χ0n) is 13.2. The SMILES string of the molecule is CS(=O)(=O)Oc1ccc2c(=O)c(-c3ccccc3)c(C(F)(F)F)oc2c1. The topological polar surface area (TPSA) is 73.6 Å². The van der Waals surface area contributed by atoms with Crippen LogP contribution in [0.15, 0.2) is 57.7 Å². The van der Waals surface area contributed by atoms with E-state index >= 15 is 0 Å². The molecule has 1 aromatic heterocycles. The quantitative estimate of drug-likeness (QED) is 0.642. The summed E-state index contributed by atoms with van der Waals surface area (Å²) in [5.74, 6) is -1.72. The highest BCUT2D eigenvalue weighted by molar-refractivity contribution is 7.86. The number of rotatable bonds is 3. The van der Waals surface area contributed by atoms with Gasteiger partial charge in [-0.2, -0.15) is 21.6 Å². The lowest BCUT2D eigenvalue weighted by molar-refractivity contribution is -0.152. The maximum Gasteiger partial charge on any atom is 0.450 e. The standard InChI is InChI=1S/C17H11F3O5S/c1-26(22,23)25-11-7-8-12-13(9-11)24-16(17(18,19)20)14(15(12)21)10-5-3-2-4-6-10/h2-9H,1H3. The third-order valence-electron chi connectivity index (χ3n) is 3.43. The van der Waals surface area contributed by atoms with Gasteiger partial charge in [-0.25, -0.2) is 0 Å². The monoisotopic (exact) mass is 384 g/mol. The van der Waals surface area contributed by atoms with E-state index in [1.807, 2.05) is 0 Å². The zero-order valence-corrected chi connectivity index (χ0v) is 14.0. The molecule has 2 aromatic carbocycles. The number of hydrogen-bond donors (Lipinski definition) is 0. The lowest BCUT2D eigenvalue weighted by atomic mass is 10.0. The van der Waals surface area contributed by atoms with Crippen LogP contribution in [0.4, 0.5) is 13.2 Å². The smallest absolute Gasteiger partial charge is 0.450 e. The molecule has 0 atom stereocenters. The third-order valence-corrected chi connectivity index (χ3v) is 3.93. The van der Waals surface area contributed by atoms with E-state index < -0.39 is 38.6 Å². The minimum absolute atomic E-state index is 0.0620. The first-order valence-electron chi connectivity index (χ1n) is 7.19. The van der Waals surface area contributed by atoms with Crippen LogP contribution < -0.4 is 9.61 Å². The van der Waals surface area contributed by atoms with Crippen molar-refractivity contribution in [2.75, 3.05) is 6.26 Å². The molecular weight excluding hydrogens is 373 g/mol. The summed E-state index contributed by atoms with van der Waals surface area (Å²) in [6.07, 6.45) is -4.14. The molecule has 136 valence electrons. The summed E-state index contributed by atoms with van der Waals surface area (Å²) in [6.45, 7) is 0. The second-order valence-electron chi connectivity index (χ2n) is 5.44. The minimum Gasteiger partial charge on any atom is -0.450 e. The Bertz CT molecular complexity index is 1130. The van der Waals surface area contributed by atoms with Crippen molar-refractivity contribution in [3.8, 4) is 16.9 Å². The van der Waals surface area contributed by atoms with Gasteiger partial charge in [-0.15, -0.1) is 0 Å². The van der Waals surface area contributed by atoms with Crippen molar-refractivity contribution in [2.24, 2.45) is 0 Å². The first kappa shape index (κ1) is 18.0. The van der Waals surface area contributed by atoms with Gasteiger partial charge in [0.05, 0.1) is 17.2 Å². The van der Waals surface area contributed by atoms with Crippen molar-refractivity contribution >= 4 is 21.1 Å². The number of benzene rings is 2. The minimum atomic E-state index is -4.92. The van der Waals surface area contributed by atoms with Crippen LogP contribution in [-0.4, -0.2) is 14.7 Å². The van der Waals surface area contributed by atoms with Crippen LogP contribution in [0.5, 0.6) is 5.75 Å². The highest BCUT2D eigenvalue weighted by atomic mass is 32.2. The summed E-state index contributed by atoms with van der Waals surface area (Å²) in [5.41, 5.74) is -1.85. The number of alkyl halides is 3. The van der Waals surface area contributed by atoms with Gasteiger partial charge in [-0.05, 0) is 17.7 Å². The van der Waals surface area contributed by atoms with Crippen LogP contribution in [0.1, 0.15) is 5.76 Å². The Labute approximate surface area is 145 Å². The van der Waals surface area contributed by atoms with E-state index in [9.17, 15) is 26.4 Å². The lowest BCUT2D eigenvalue weighted by Gasteiger charge is -2.13. The molecule has 0 bridgehead atoms. The fraction of sp³-hybridized carbons (Fsp3) is 0.118. The Hall–Kier alpha value is -2.81. The predicted octanol–water partition coefficient (Wildman–Crippen LogP) is 3.82. The molecule has 0 aliphatic carbocycles. The first-order chi connectivity index (χ1) is 12.1.